The van der Waals surface area contributed by atoms with Crippen molar-refractivity contribution in [2.45, 2.75) is 26.9 Å². The summed E-state index contributed by atoms with van der Waals surface area (Å²) < 4.78 is 5.12. The quantitative estimate of drug-likeness (QED) is 0.696. The third-order valence-corrected chi connectivity index (χ3v) is 3.05. The smallest absolute Gasteiger partial charge is 0.407 e. The number of carbonyl (C=O) groups excluding carboxylic acids is 1. The number of pyridine rings is 1. The van der Waals surface area contributed by atoms with Crippen LogP contribution in [0.5, 0.6) is 0 Å². The molecule has 0 unspecified atom stereocenters. The zero-order valence-corrected chi connectivity index (χ0v) is 13.4. The van der Waals surface area contributed by atoms with Crippen molar-refractivity contribution < 1.29 is 9.53 Å². The molecule has 1 aromatic heterocycles. The predicted octanol–water partition coefficient (Wildman–Crippen LogP) is 3.37. The predicted molar refractivity (Wildman–Crippen MR) is 89.8 cm³/mol. The van der Waals surface area contributed by atoms with Crippen molar-refractivity contribution >= 4 is 6.09 Å². The normalized spacial score (nSPS) is 9.65. The molecule has 0 aliphatic rings. The van der Waals surface area contributed by atoms with E-state index < -0.39 is 6.09 Å². The summed E-state index contributed by atoms with van der Waals surface area (Å²) in [5.74, 6) is 6.11. The van der Waals surface area contributed by atoms with Crippen LogP contribution in [-0.4, -0.2) is 17.6 Å². The van der Waals surface area contributed by atoms with E-state index in [0.717, 1.165) is 22.5 Å². The third-order valence-electron chi connectivity index (χ3n) is 3.05. The number of alkyl carbamates (subject to hydrolysis) is 1. The minimum atomic E-state index is -0.425. The highest BCUT2D eigenvalue weighted by Gasteiger charge is 2.00. The number of rotatable bonds is 4. The van der Waals surface area contributed by atoms with Crippen LogP contribution >= 0.6 is 0 Å². The van der Waals surface area contributed by atoms with Crippen molar-refractivity contribution in [3.63, 3.8) is 0 Å². The standard InChI is InChI=1S/C19H20N2O2/c1-15-12-18(13-16(2)21-15)10-6-7-11-20-19(22)23-14-17-8-4-3-5-9-17/h3-5,8-9,12-13H,7,11,14H2,1-2H3,(H,20,22). The topological polar surface area (TPSA) is 51.2 Å². The van der Waals surface area contributed by atoms with E-state index >= 15 is 0 Å². The van der Waals surface area contributed by atoms with Crippen LogP contribution < -0.4 is 5.32 Å². The first-order valence-electron chi connectivity index (χ1n) is 7.52. The van der Waals surface area contributed by atoms with Crippen molar-refractivity contribution in [1.82, 2.24) is 10.3 Å². The molecule has 0 saturated carbocycles. The molecule has 118 valence electrons. The molecule has 1 heterocycles. The summed E-state index contributed by atoms with van der Waals surface area (Å²) in [4.78, 5) is 15.9. The van der Waals surface area contributed by atoms with Gasteiger partial charge in [0, 0.05) is 29.9 Å². The number of hydrogen-bond acceptors (Lipinski definition) is 3. The van der Waals surface area contributed by atoms with E-state index in [1.54, 1.807) is 0 Å². The molecular weight excluding hydrogens is 288 g/mol. The van der Waals surface area contributed by atoms with E-state index in [4.69, 9.17) is 4.74 Å². The maximum absolute atomic E-state index is 11.5. The molecular formula is C19H20N2O2. The molecule has 1 amide bonds. The average molecular weight is 308 g/mol. The van der Waals surface area contributed by atoms with Crippen LogP contribution in [0.2, 0.25) is 0 Å². The molecule has 0 atom stereocenters. The first-order valence-corrected chi connectivity index (χ1v) is 7.52. The molecule has 23 heavy (non-hydrogen) atoms. The first-order chi connectivity index (χ1) is 11.1. The Labute approximate surface area is 136 Å². The van der Waals surface area contributed by atoms with E-state index in [1.165, 1.54) is 0 Å². The monoisotopic (exact) mass is 308 g/mol. The van der Waals surface area contributed by atoms with Gasteiger partial charge in [-0.15, -0.1) is 0 Å². The molecule has 1 aromatic carbocycles. The van der Waals surface area contributed by atoms with Gasteiger partial charge in [0.1, 0.15) is 6.61 Å². The molecule has 1 N–H and O–H groups in total. The van der Waals surface area contributed by atoms with Gasteiger partial charge in [0.25, 0.3) is 0 Å². The van der Waals surface area contributed by atoms with Crippen molar-refractivity contribution in [3.8, 4) is 11.8 Å². The third kappa shape index (κ3) is 6.23. The van der Waals surface area contributed by atoms with Gasteiger partial charge in [-0.05, 0) is 31.5 Å². The zero-order chi connectivity index (χ0) is 16.5. The summed E-state index contributed by atoms with van der Waals surface area (Å²) in [5, 5.41) is 2.69. The van der Waals surface area contributed by atoms with Crippen molar-refractivity contribution in [2.24, 2.45) is 0 Å². The van der Waals surface area contributed by atoms with Gasteiger partial charge in [-0.25, -0.2) is 4.79 Å². The molecule has 4 heteroatoms. The molecule has 0 bridgehead atoms. The average Bonchev–Trinajstić information content (AvgIpc) is 2.53. The Hall–Kier alpha value is -2.80. The molecule has 2 rings (SSSR count). The molecule has 0 aliphatic heterocycles. The maximum atomic E-state index is 11.5. The minimum absolute atomic E-state index is 0.272. The number of ether oxygens (including phenoxy) is 1. The van der Waals surface area contributed by atoms with Crippen LogP contribution in [0.1, 0.15) is 28.9 Å². The fourth-order valence-corrected chi connectivity index (χ4v) is 2.07. The van der Waals surface area contributed by atoms with E-state index in [0.29, 0.717) is 13.0 Å². The van der Waals surface area contributed by atoms with Gasteiger partial charge in [0.05, 0.1) is 0 Å². The van der Waals surface area contributed by atoms with Crippen LogP contribution in [0.25, 0.3) is 0 Å². The highest BCUT2D eigenvalue weighted by molar-refractivity contribution is 5.67. The van der Waals surface area contributed by atoms with Crippen molar-refractivity contribution in [3.05, 3.63) is 65.0 Å². The van der Waals surface area contributed by atoms with Crippen molar-refractivity contribution in [1.29, 1.82) is 0 Å². The summed E-state index contributed by atoms with van der Waals surface area (Å²) in [6, 6.07) is 13.5. The van der Waals surface area contributed by atoms with E-state index in [1.807, 2.05) is 56.3 Å². The highest BCUT2D eigenvalue weighted by atomic mass is 16.5. The summed E-state index contributed by atoms with van der Waals surface area (Å²) >= 11 is 0. The van der Waals surface area contributed by atoms with Gasteiger partial charge >= 0.3 is 6.09 Å². The van der Waals surface area contributed by atoms with Gasteiger partial charge in [0.2, 0.25) is 0 Å². The summed E-state index contributed by atoms with van der Waals surface area (Å²) in [6.07, 6.45) is 0.146. The number of hydrogen-bond donors (Lipinski definition) is 1. The summed E-state index contributed by atoms with van der Waals surface area (Å²) in [6.45, 7) is 4.63. The van der Waals surface area contributed by atoms with Gasteiger partial charge in [-0.2, -0.15) is 0 Å². The van der Waals surface area contributed by atoms with Crippen LogP contribution in [0, 0.1) is 25.7 Å². The van der Waals surface area contributed by atoms with Gasteiger partial charge < -0.3 is 10.1 Å². The SMILES string of the molecule is Cc1cc(C#CCCNC(=O)OCc2ccccc2)cc(C)n1. The number of amides is 1. The van der Waals surface area contributed by atoms with Gasteiger partial charge in [-0.3, -0.25) is 4.98 Å². The lowest BCUT2D eigenvalue weighted by Crippen LogP contribution is -2.24. The maximum Gasteiger partial charge on any atom is 0.407 e. The molecule has 0 radical (unpaired) electrons. The van der Waals surface area contributed by atoms with Crippen LogP contribution in [0.15, 0.2) is 42.5 Å². The molecule has 2 aromatic rings. The van der Waals surface area contributed by atoms with Crippen LogP contribution in [0.4, 0.5) is 4.79 Å². The lowest BCUT2D eigenvalue weighted by atomic mass is 10.2. The second kappa shape index (κ2) is 8.60. The van der Waals surface area contributed by atoms with Gasteiger partial charge in [0.15, 0.2) is 0 Å². The Morgan fingerprint density at radius 3 is 2.57 bits per heavy atom. The Kier molecular flexibility index (Phi) is 6.19. The Morgan fingerprint density at radius 2 is 1.87 bits per heavy atom. The lowest BCUT2D eigenvalue weighted by molar-refractivity contribution is 0.140. The number of benzene rings is 1. The second-order valence-electron chi connectivity index (χ2n) is 5.18. The number of nitrogens with one attached hydrogen (secondary N) is 1. The minimum Gasteiger partial charge on any atom is -0.445 e. The molecule has 0 saturated heterocycles. The lowest BCUT2D eigenvalue weighted by Gasteiger charge is -2.05. The Bertz CT molecular complexity index is 695. The Morgan fingerprint density at radius 1 is 1.17 bits per heavy atom. The molecule has 0 aliphatic carbocycles. The number of aryl methyl sites for hydroxylation is 2. The van der Waals surface area contributed by atoms with Crippen LogP contribution in [0.3, 0.4) is 0 Å². The molecule has 0 fully saturated rings. The first kappa shape index (κ1) is 16.6. The largest absolute Gasteiger partial charge is 0.445 e. The number of aromatic nitrogens is 1. The number of carbonyl (C=O) groups is 1. The Balaban J connectivity index is 1.69. The molecule has 0 spiro atoms. The zero-order valence-electron chi connectivity index (χ0n) is 13.4. The molecule has 4 nitrogen and oxygen atoms in total. The van der Waals surface area contributed by atoms with Crippen molar-refractivity contribution in [2.75, 3.05) is 6.54 Å². The fourth-order valence-electron chi connectivity index (χ4n) is 2.07. The highest BCUT2D eigenvalue weighted by Crippen LogP contribution is 2.03. The van der Waals surface area contributed by atoms with E-state index in [9.17, 15) is 4.79 Å². The van der Waals surface area contributed by atoms with E-state index in [-0.39, 0.29) is 6.61 Å². The summed E-state index contributed by atoms with van der Waals surface area (Å²) in [7, 11) is 0. The number of nitrogens with zero attached hydrogens (tertiary/aromatic N) is 1. The van der Waals surface area contributed by atoms with Crippen LogP contribution in [-0.2, 0) is 11.3 Å². The fraction of sp³-hybridized carbons (Fsp3) is 0.263. The summed E-state index contributed by atoms with van der Waals surface area (Å²) in [5.41, 5.74) is 3.82. The second-order valence-corrected chi connectivity index (χ2v) is 5.18. The van der Waals surface area contributed by atoms with E-state index in [2.05, 4.69) is 22.1 Å². The van der Waals surface area contributed by atoms with Gasteiger partial charge in [-0.1, -0.05) is 42.2 Å².